The van der Waals surface area contributed by atoms with Crippen LogP contribution in [0.15, 0.2) is 0 Å². The molecule has 1 aliphatic heterocycles. The van der Waals surface area contributed by atoms with Crippen LogP contribution in [-0.4, -0.2) is 57.2 Å². The number of amides is 1. The molecule has 1 saturated heterocycles. The van der Waals surface area contributed by atoms with Gasteiger partial charge in [0.1, 0.15) is 5.60 Å². The highest BCUT2D eigenvalue weighted by Crippen LogP contribution is 2.37. The first kappa shape index (κ1) is 23.4. The SMILES string of the molecule is CC(C)NC[C@@H]1CN(C(=O)OC(C)(C)C)C[C@H]1CO[Si](C)(C)C(C)(C)C. The largest absolute Gasteiger partial charge is 0.444 e. The lowest BCUT2D eigenvalue weighted by Gasteiger charge is -2.37. The monoisotopic (exact) mass is 386 g/mol. The molecule has 1 heterocycles. The Morgan fingerprint density at radius 3 is 2.12 bits per heavy atom. The molecule has 1 aliphatic rings. The molecule has 0 aliphatic carbocycles. The first-order valence-corrected chi connectivity index (χ1v) is 12.9. The van der Waals surface area contributed by atoms with Gasteiger partial charge in [0, 0.05) is 38.2 Å². The van der Waals surface area contributed by atoms with Gasteiger partial charge in [0.25, 0.3) is 0 Å². The molecule has 5 nitrogen and oxygen atoms in total. The number of rotatable bonds is 6. The lowest BCUT2D eigenvalue weighted by molar-refractivity contribution is 0.0281. The van der Waals surface area contributed by atoms with E-state index in [2.05, 4.69) is 53.0 Å². The first-order chi connectivity index (χ1) is 11.6. The highest BCUT2D eigenvalue weighted by molar-refractivity contribution is 6.74. The minimum absolute atomic E-state index is 0.197. The molecule has 0 aromatic rings. The molecule has 0 bridgehead atoms. The number of ether oxygens (including phenoxy) is 1. The molecule has 1 rings (SSSR count). The van der Waals surface area contributed by atoms with Gasteiger partial charge < -0.3 is 19.4 Å². The summed E-state index contributed by atoms with van der Waals surface area (Å²) in [6.45, 7) is 24.5. The summed E-state index contributed by atoms with van der Waals surface area (Å²) < 4.78 is 12.1. The van der Waals surface area contributed by atoms with Gasteiger partial charge in [-0.05, 0) is 44.8 Å². The van der Waals surface area contributed by atoms with Crippen molar-refractivity contribution in [3.63, 3.8) is 0 Å². The number of carbonyl (C=O) groups excluding carboxylic acids is 1. The molecule has 0 saturated carbocycles. The third kappa shape index (κ3) is 7.20. The van der Waals surface area contributed by atoms with E-state index in [0.717, 1.165) is 19.7 Å². The molecular formula is C20H42N2O3Si. The molecule has 1 fully saturated rings. The maximum atomic E-state index is 12.5. The van der Waals surface area contributed by atoms with Crippen molar-refractivity contribution in [2.75, 3.05) is 26.2 Å². The summed E-state index contributed by atoms with van der Waals surface area (Å²) in [6.07, 6.45) is -0.207. The normalized spacial score (nSPS) is 22.2. The smallest absolute Gasteiger partial charge is 0.410 e. The molecule has 6 heteroatoms. The molecule has 0 spiro atoms. The fourth-order valence-electron chi connectivity index (χ4n) is 2.75. The molecule has 154 valence electrons. The van der Waals surface area contributed by atoms with Gasteiger partial charge in [-0.1, -0.05) is 34.6 Å². The van der Waals surface area contributed by atoms with Crippen LogP contribution in [0.1, 0.15) is 55.4 Å². The van der Waals surface area contributed by atoms with Gasteiger partial charge in [0.05, 0.1) is 0 Å². The van der Waals surface area contributed by atoms with Gasteiger partial charge in [-0.15, -0.1) is 0 Å². The van der Waals surface area contributed by atoms with Gasteiger partial charge in [-0.25, -0.2) is 4.79 Å². The fourth-order valence-corrected chi connectivity index (χ4v) is 3.82. The van der Waals surface area contributed by atoms with Crippen molar-refractivity contribution in [3.8, 4) is 0 Å². The molecule has 1 N–H and O–H groups in total. The van der Waals surface area contributed by atoms with Crippen LogP contribution >= 0.6 is 0 Å². The van der Waals surface area contributed by atoms with E-state index in [1.165, 1.54) is 0 Å². The van der Waals surface area contributed by atoms with Crippen molar-refractivity contribution in [1.29, 1.82) is 0 Å². The Morgan fingerprint density at radius 2 is 1.65 bits per heavy atom. The zero-order valence-electron chi connectivity index (χ0n) is 18.7. The molecular weight excluding hydrogens is 344 g/mol. The quantitative estimate of drug-likeness (QED) is 0.683. The van der Waals surface area contributed by atoms with Gasteiger partial charge in [0.15, 0.2) is 8.32 Å². The van der Waals surface area contributed by atoms with Gasteiger partial charge >= 0.3 is 6.09 Å². The maximum Gasteiger partial charge on any atom is 0.410 e. The zero-order chi connectivity index (χ0) is 20.3. The minimum Gasteiger partial charge on any atom is -0.444 e. The standard InChI is InChI=1S/C20H42N2O3Si/c1-15(2)21-11-16-12-22(18(23)25-19(3,4)5)13-17(16)14-24-26(9,10)20(6,7)8/h15-17,21H,11-14H2,1-10H3/t16-,17+/m1/s1. The Labute approximate surface area is 162 Å². The Hall–Kier alpha value is -0.593. The van der Waals surface area contributed by atoms with E-state index in [4.69, 9.17) is 9.16 Å². The van der Waals surface area contributed by atoms with E-state index < -0.39 is 13.9 Å². The Balaban J connectivity index is 2.76. The van der Waals surface area contributed by atoms with Crippen LogP contribution in [0.2, 0.25) is 18.1 Å². The van der Waals surface area contributed by atoms with Crippen LogP contribution in [-0.2, 0) is 9.16 Å². The maximum absolute atomic E-state index is 12.5. The van der Waals surface area contributed by atoms with Crippen LogP contribution in [0.5, 0.6) is 0 Å². The molecule has 0 radical (unpaired) electrons. The molecule has 0 aromatic heterocycles. The fraction of sp³-hybridized carbons (Fsp3) is 0.950. The van der Waals surface area contributed by atoms with Crippen LogP contribution in [0.4, 0.5) is 4.79 Å². The van der Waals surface area contributed by atoms with Gasteiger partial charge in [0.2, 0.25) is 0 Å². The Bertz CT molecular complexity index is 467. The van der Waals surface area contributed by atoms with Crippen molar-refractivity contribution in [2.45, 2.75) is 85.2 Å². The molecule has 26 heavy (non-hydrogen) atoms. The summed E-state index contributed by atoms with van der Waals surface area (Å²) in [6, 6.07) is 0.438. The predicted octanol–water partition coefficient (Wildman–Crippen LogP) is 4.49. The third-order valence-electron chi connectivity index (χ3n) is 5.48. The van der Waals surface area contributed by atoms with Crippen molar-refractivity contribution in [3.05, 3.63) is 0 Å². The van der Waals surface area contributed by atoms with Gasteiger partial charge in [-0.2, -0.15) is 0 Å². The zero-order valence-corrected chi connectivity index (χ0v) is 19.7. The second-order valence-electron chi connectivity index (χ2n) is 10.5. The summed E-state index contributed by atoms with van der Waals surface area (Å²) in [7, 11) is -1.79. The number of nitrogens with zero attached hydrogens (tertiary/aromatic N) is 1. The first-order valence-electron chi connectivity index (χ1n) is 9.97. The van der Waals surface area contributed by atoms with E-state index >= 15 is 0 Å². The highest BCUT2D eigenvalue weighted by Gasteiger charge is 2.41. The van der Waals surface area contributed by atoms with Crippen LogP contribution in [0, 0.1) is 11.8 Å². The summed E-state index contributed by atoms with van der Waals surface area (Å²) in [5.41, 5.74) is -0.460. The summed E-state index contributed by atoms with van der Waals surface area (Å²) in [4.78, 5) is 14.4. The lowest BCUT2D eigenvalue weighted by atomic mass is 9.97. The second-order valence-corrected chi connectivity index (χ2v) is 15.3. The van der Waals surface area contributed by atoms with E-state index in [0.29, 0.717) is 24.4 Å². The van der Waals surface area contributed by atoms with E-state index in [1.807, 2.05) is 25.7 Å². The third-order valence-corrected chi connectivity index (χ3v) is 9.98. The van der Waals surface area contributed by atoms with Crippen molar-refractivity contribution >= 4 is 14.4 Å². The average molecular weight is 387 g/mol. The predicted molar refractivity (Wildman–Crippen MR) is 111 cm³/mol. The minimum atomic E-state index is -1.79. The number of carbonyl (C=O) groups is 1. The Morgan fingerprint density at radius 1 is 1.12 bits per heavy atom. The molecule has 2 atom stereocenters. The lowest BCUT2D eigenvalue weighted by Crippen LogP contribution is -2.43. The summed E-state index contributed by atoms with van der Waals surface area (Å²) >= 11 is 0. The topological polar surface area (TPSA) is 50.8 Å². The van der Waals surface area contributed by atoms with E-state index in [-0.39, 0.29) is 11.1 Å². The van der Waals surface area contributed by atoms with E-state index in [1.54, 1.807) is 0 Å². The molecule has 0 unspecified atom stereocenters. The molecule has 1 amide bonds. The summed E-state index contributed by atoms with van der Waals surface area (Å²) in [5.74, 6) is 0.748. The van der Waals surface area contributed by atoms with Crippen LogP contribution in [0.3, 0.4) is 0 Å². The average Bonchev–Trinajstić information content (AvgIpc) is 2.83. The number of nitrogens with one attached hydrogen (secondary N) is 1. The van der Waals surface area contributed by atoms with Crippen LogP contribution < -0.4 is 5.32 Å². The van der Waals surface area contributed by atoms with Gasteiger partial charge in [-0.3, -0.25) is 0 Å². The van der Waals surface area contributed by atoms with E-state index in [9.17, 15) is 4.79 Å². The second kappa shape index (κ2) is 8.61. The highest BCUT2D eigenvalue weighted by atomic mass is 28.4. The van der Waals surface area contributed by atoms with Crippen LogP contribution in [0.25, 0.3) is 0 Å². The van der Waals surface area contributed by atoms with Crippen molar-refractivity contribution < 1.29 is 14.0 Å². The van der Waals surface area contributed by atoms with Crippen molar-refractivity contribution in [1.82, 2.24) is 10.2 Å². The molecule has 0 aromatic carbocycles. The number of hydrogen-bond acceptors (Lipinski definition) is 4. The number of hydrogen-bond donors (Lipinski definition) is 1. The Kier molecular flexibility index (Phi) is 7.77. The summed E-state index contributed by atoms with van der Waals surface area (Å²) in [5, 5.41) is 3.73. The van der Waals surface area contributed by atoms with Crippen molar-refractivity contribution in [2.24, 2.45) is 11.8 Å². The number of likely N-dealkylation sites (tertiary alicyclic amines) is 1.